The smallest absolute Gasteiger partial charge is 0.315 e. The molecule has 1 atom stereocenters. The van der Waals surface area contributed by atoms with E-state index in [4.69, 9.17) is 22.1 Å². The number of hydrogen-bond acceptors (Lipinski definition) is 4. The Kier molecular flexibility index (Phi) is 7.35. The zero-order valence-electron chi connectivity index (χ0n) is 14.7. The largest absolute Gasteiger partial charge is 0.382 e. The normalized spacial score (nSPS) is 17.1. The van der Waals surface area contributed by atoms with Crippen LogP contribution in [-0.4, -0.2) is 47.8 Å². The van der Waals surface area contributed by atoms with Crippen molar-refractivity contribution in [1.29, 1.82) is 0 Å². The van der Waals surface area contributed by atoms with Gasteiger partial charge in [-0.2, -0.15) is 0 Å². The SMILES string of the molecule is CC(C)Nc1cc(Cl)ncc1C#CCCCC1COCCN1C(N)=O. The number of pyridine rings is 1. The van der Waals surface area contributed by atoms with Gasteiger partial charge < -0.3 is 20.7 Å². The van der Waals surface area contributed by atoms with E-state index in [1.54, 1.807) is 17.2 Å². The monoisotopic (exact) mass is 364 g/mol. The first-order valence-electron chi connectivity index (χ1n) is 8.52. The molecule has 1 aromatic heterocycles. The molecule has 7 heteroatoms. The third-order valence-electron chi connectivity index (χ3n) is 3.89. The van der Waals surface area contributed by atoms with Crippen LogP contribution in [0.4, 0.5) is 10.5 Å². The average Bonchev–Trinajstić information content (AvgIpc) is 2.56. The second-order valence-corrected chi connectivity index (χ2v) is 6.69. The molecule has 2 amide bonds. The standard InChI is InChI=1S/C18H25ClN4O2/c1-13(2)22-16-10-17(19)21-11-14(16)6-4-3-5-7-15-12-25-9-8-23(15)18(20)24/h10-11,13,15H,3,5,7-9,12H2,1-2H3,(H2,20,24)(H,21,22). The van der Waals surface area contributed by atoms with Crippen LogP contribution in [0.25, 0.3) is 0 Å². The van der Waals surface area contributed by atoms with Crippen LogP contribution < -0.4 is 11.1 Å². The fourth-order valence-corrected chi connectivity index (χ4v) is 2.89. The lowest BCUT2D eigenvalue weighted by molar-refractivity contribution is 0.0111. The lowest BCUT2D eigenvalue weighted by Crippen LogP contribution is -2.50. The number of primary amides is 1. The molecular formula is C18H25ClN4O2. The van der Waals surface area contributed by atoms with Gasteiger partial charge in [-0.1, -0.05) is 23.4 Å². The van der Waals surface area contributed by atoms with Crippen LogP contribution >= 0.6 is 11.6 Å². The Balaban J connectivity index is 1.89. The zero-order chi connectivity index (χ0) is 18.2. The number of nitrogens with one attached hydrogen (secondary N) is 1. The van der Waals surface area contributed by atoms with E-state index in [1.807, 2.05) is 0 Å². The summed E-state index contributed by atoms with van der Waals surface area (Å²) in [6, 6.07) is 1.74. The van der Waals surface area contributed by atoms with Gasteiger partial charge >= 0.3 is 6.03 Å². The number of rotatable bonds is 5. The van der Waals surface area contributed by atoms with Gasteiger partial charge in [0.1, 0.15) is 5.15 Å². The number of anilines is 1. The first-order chi connectivity index (χ1) is 12.0. The zero-order valence-corrected chi connectivity index (χ0v) is 15.5. The van der Waals surface area contributed by atoms with Crippen molar-refractivity contribution in [2.24, 2.45) is 5.73 Å². The highest BCUT2D eigenvalue weighted by Crippen LogP contribution is 2.19. The first-order valence-corrected chi connectivity index (χ1v) is 8.90. The van der Waals surface area contributed by atoms with Crippen molar-refractivity contribution < 1.29 is 9.53 Å². The molecule has 0 bridgehead atoms. The number of nitrogens with zero attached hydrogens (tertiary/aromatic N) is 2. The molecule has 136 valence electrons. The fourth-order valence-electron chi connectivity index (χ4n) is 2.73. The summed E-state index contributed by atoms with van der Waals surface area (Å²) < 4.78 is 5.44. The summed E-state index contributed by atoms with van der Waals surface area (Å²) in [6.07, 6.45) is 4.11. The predicted octanol–water partition coefficient (Wildman–Crippen LogP) is 2.86. The molecule has 1 saturated heterocycles. The number of morpholine rings is 1. The molecule has 1 fully saturated rings. The van der Waals surface area contributed by atoms with Gasteiger partial charge in [0.2, 0.25) is 0 Å². The van der Waals surface area contributed by atoms with Crippen molar-refractivity contribution in [1.82, 2.24) is 9.88 Å². The van der Waals surface area contributed by atoms with E-state index in [1.165, 1.54) is 0 Å². The van der Waals surface area contributed by atoms with Crippen molar-refractivity contribution in [3.05, 3.63) is 23.0 Å². The summed E-state index contributed by atoms with van der Waals surface area (Å²) in [6.45, 7) is 5.77. The van der Waals surface area contributed by atoms with Crippen LogP contribution in [0.3, 0.4) is 0 Å². The van der Waals surface area contributed by atoms with E-state index in [-0.39, 0.29) is 18.1 Å². The number of hydrogen-bond donors (Lipinski definition) is 2. The van der Waals surface area contributed by atoms with E-state index in [9.17, 15) is 4.79 Å². The summed E-state index contributed by atoms with van der Waals surface area (Å²) >= 11 is 5.96. The van der Waals surface area contributed by atoms with Gasteiger partial charge in [0.05, 0.1) is 30.5 Å². The van der Waals surface area contributed by atoms with Crippen molar-refractivity contribution in [3.8, 4) is 11.8 Å². The molecule has 0 saturated carbocycles. The molecular weight excluding hydrogens is 340 g/mol. The number of ether oxygens (including phenoxy) is 1. The third-order valence-corrected chi connectivity index (χ3v) is 4.09. The van der Waals surface area contributed by atoms with Crippen LogP contribution in [0.15, 0.2) is 12.3 Å². The summed E-state index contributed by atoms with van der Waals surface area (Å²) in [5, 5.41) is 3.77. The molecule has 0 spiro atoms. The van der Waals surface area contributed by atoms with Crippen LogP contribution in [-0.2, 0) is 4.74 Å². The number of nitrogens with two attached hydrogens (primary N) is 1. The van der Waals surface area contributed by atoms with E-state index < -0.39 is 0 Å². The molecule has 2 rings (SSSR count). The van der Waals surface area contributed by atoms with Gasteiger partial charge in [-0.3, -0.25) is 0 Å². The number of carbonyl (C=O) groups excluding carboxylic acids is 1. The number of aromatic nitrogens is 1. The molecule has 0 aliphatic carbocycles. The van der Waals surface area contributed by atoms with Gasteiger partial charge in [0.15, 0.2) is 0 Å². The Labute approximate surface area is 154 Å². The summed E-state index contributed by atoms with van der Waals surface area (Å²) in [5.74, 6) is 6.32. The topological polar surface area (TPSA) is 80.5 Å². The van der Waals surface area contributed by atoms with Crippen molar-refractivity contribution in [3.63, 3.8) is 0 Å². The van der Waals surface area contributed by atoms with Crippen molar-refractivity contribution >= 4 is 23.3 Å². The highest BCUT2D eigenvalue weighted by Gasteiger charge is 2.24. The summed E-state index contributed by atoms with van der Waals surface area (Å²) in [4.78, 5) is 17.2. The highest BCUT2D eigenvalue weighted by molar-refractivity contribution is 6.29. The van der Waals surface area contributed by atoms with Crippen LogP contribution in [0, 0.1) is 11.8 Å². The number of urea groups is 1. The van der Waals surface area contributed by atoms with E-state index in [0.29, 0.717) is 24.9 Å². The van der Waals surface area contributed by atoms with Crippen LogP contribution in [0.5, 0.6) is 0 Å². The number of halogens is 1. The van der Waals surface area contributed by atoms with E-state index >= 15 is 0 Å². The average molecular weight is 365 g/mol. The Morgan fingerprint density at radius 1 is 1.60 bits per heavy atom. The van der Waals surface area contributed by atoms with Crippen molar-refractivity contribution in [2.75, 3.05) is 25.1 Å². The maximum Gasteiger partial charge on any atom is 0.315 e. The van der Waals surface area contributed by atoms with E-state index in [0.717, 1.165) is 30.5 Å². The summed E-state index contributed by atoms with van der Waals surface area (Å²) in [5.41, 5.74) is 7.13. The molecule has 1 aliphatic rings. The molecule has 0 radical (unpaired) electrons. The first kappa shape index (κ1) is 19.4. The molecule has 1 aromatic rings. The van der Waals surface area contributed by atoms with Crippen LogP contribution in [0.1, 0.15) is 38.7 Å². The quantitative estimate of drug-likeness (QED) is 0.478. The lowest BCUT2D eigenvalue weighted by atomic mass is 10.1. The second kappa shape index (κ2) is 9.50. The molecule has 2 heterocycles. The predicted molar refractivity (Wildman–Crippen MR) is 99.6 cm³/mol. The van der Waals surface area contributed by atoms with Gasteiger partial charge in [0.25, 0.3) is 0 Å². The summed E-state index contributed by atoms with van der Waals surface area (Å²) in [7, 11) is 0. The Morgan fingerprint density at radius 2 is 2.40 bits per heavy atom. The number of amides is 2. The van der Waals surface area contributed by atoms with E-state index in [2.05, 4.69) is 36.0 Å². The molecule has 1 aliphatic heterocycles. The Hall–Kier alpha value is -1.97. The van der Waals surface area contributed by atoms with Gasteiger partial charge in [-0.25, -0.2) is 9.78 Å². The van der Waals surface area contributed by atoms with Gasteiger partial charge in [-0.05, 0) is 32.8 Å². The fraction of sp³-hybridized carbons (Fsp3) is 0.556. The Morgan fingerprint density at radius 3 is 3.12 bits per heavy atom. The van der Waals surface area contributed by atoms with Gasteiger partial charge in [0, 0.05) is 25.2 Å². The third kappa shape index (κ3) is 6.11. The molecule has 1 unspecified atom stereocenters. The molecule has 0 aromatic carbocycles. The van der Waals surface area contributed by atoms with Gasteiger partial charge in [-0.15, -0.1) is 0 Å². The second-order valence-electron chi connectivity index (χ2n) is 6.31. The minimum absolute atomic E-state index is 0.0448. The van der Waals surface area contributed by atoms with Crippen LogP contribution in [0.2, 0.25) is 5.15 Å². The molecule has 3 N–H and O–H groups in total. The highest BCUT2D eigenvalue weighted by atomic mass is 35.5. The Bertz CT molecular complexity index is 654. The minimum Gasteiger partial charge on any atom is -0.382 e. The number of unbranched alkanes of at least 4 members (excludes halogenated alkanes) is 1. The lowest BCUT2D eigenvalue weighted by Gasteiger charge is -2.34. The number of carbonyl (C=O) groups is 1. The maximum absolute atomic E-state index is 11.4. The maximum atomic E-state index is 11.4. The molecule has 6 nitrogen and oxygen atoms in total. The minimum atomic E-state index is -0.379. The molecule has 25 heavy (non-hydrogen) atoms. The van der Waals surface area contributed by atoms with Crippen molar-refractivity contribution in [2.45, 2.75) is 45.2 Å².